The average Bonchev–Trinajstić information content (AvgIpc) is 3.12. The molecule has 7 heteroatoms. The molecule has 29 heavy (non-hydrogen) atoms. The van der Waals surface area contributed by atoms with Crippen LogP contribution < -0.4 is 26.1 Å². The molecule has 0 spiro atoms. The van der Waals surface area contributed by atoms with Gasteiger partial charge in [-0.3, -0.25) is 9.58 Å². The van der Waals surface area contributed by atoms with Crippen molar-refractivity contribution >= 4 is 5.69 Å². The fraction of sp³-hybridized carbons (Fsp3) is 0.136. The van der Waals surface area contributed by atoms with Crippen molar-refractivity contribution in [2.45, 2.75) is 6.42 Å². The quantitative estimate of drug-likeness (QED) is 0.518. The van der Waals surface area contributed by atoms with E-state index in [1.54, 1.807) is 25.6 Å². The number of benzene rings is 2. The summed E-state index contributed by atoms with van der Waals surface area (Å²) < 4.78 is 12.6. The maximum Gasteiger partial charge on any atom is 0.135 e. The van der Waals surface area contributed by atoms with E-state index in [2.05, 4.69) is 16.8 Å². The Balaban J connectivity index is 1.82. The lowest BCUT2D eigenvalue weighted by Crippen LogP contribution is -2.31. The monoisotopic (exact) mass is 387 g/mol. The van der Waals surface area contributed by atoms with Gasteiger partial charge in [-0.1, -0.05) is 12.0 Å². The second-order valence-electron chi connectivity index (χ2n) is 6.45. The highest BCUT2D eigenvalue weighted by Crippen LogP contribution is 2.34. The third-order valence-corrected chi connectivity index (χ3v) is 4.81. The summed E-state index contributed by atoms with van der Waals surface area (Å²) in [6.45, 7) is 0. The first-order valence-corrected chi connectivity index (χ1v) is 9.01. The Morgan fingerprint density at radius 2 is 1.83 bits per heavy atom. The number of hydrogen-bond acceptors (Lipinski definition) is 6. The number of anilines is 1. The standard InChI is InChI=1S/C22H21N5O2/c1-28-17-5-3-4-15(10-17)6-8-19-21-11-16(13-23)27(24)22-12-18(29-2)7-9-20(22)26(21)14-25-19/h3-5,7,9-10,12-14H,11,23-24H2,1-2H3/b16-13-. The zero-order valence-corrected chi connectivity index (χ0v) is 16.2. The van der Waals surface area contributed by atoms with Crippen molar-refractivity contribution in [2.24, 2.45) is 11.6 Å². The molecule has 7 nitrogen and oxygen atoms in total. The summed E-state index contributed by atoms with van der Waals surface area (Å²) in [5.41, 5.74) is 10.7. The minimum absolute atomic E-state index is 0.492. The van der Waals surface area contributed by atoms with E-state index in [0.29, 0.717) is 17.9 Å². The van der Waals surface area contributed by atoms with Crippen molar-refractivity contribution in [3.63, 3.8) is 0 Å². The molecule has 0 radical (unpaired) electrons. The Labute approximate surface area is 169 Å². The molecule has 1 aromatic heterocycles. The Kier molecular flexibility index (Phi) is 4.85. The van der Waals surface area contributed by atoms with Gasteiger partial charge in [0.05, 0.1) is 37.0 Å². The number of allylic oxidation sites excluding steroid dienone is 1. The minimum atomic E-state index is 0.492. The van der Waals surface area contributed by atoms with E-state index in [1.165, 1.54) is 6.20 Å². The van der Waals surface area contributed by atoms with Crippen LogP contribution >= 0.6 is 0 Å². The smallest absolute Gasteiger partial charge is 0.135 e. The van der Waals surface area contributed by atoms with Crippen molar-refractivity contribution in [1.29, 1.82) is 0 Å². The number of hydrogen-bond donors (Lipinski definition) is 2. The van der Waals surface area contributed by atoms with Crippen LogP contribution in [0.2, 0.25) is 0 Å². The van der Waals surface area contributed by atoms with Crippen LogP contribution in [-0.2, 0) is 6.42 Å². The van der Waals surface area contributed by atoms with E-state index in [0.717, 1.165) is 34.1 Å². The number of hydrazine groups is 1. The van der Waals surface area contributed by atoms with Crippen molar-refractivity contribution in [3.05, 3.63) is 77.6 Å². The van der Waals surface area contributed by atoms with Gasteiger partial charge >= 0.3 is 0 Å². The molecule has 1 aliphatic rings. The van der Waals surface area contributed by atoms with Crippen LogP contribution in [0.4, 0.5) is 5.69 Å². The third-order valence-electron chi connectivity index (χ3n) is 4.81. The predicted molar refractivity (Wildman–Crippen MR) is 112 cm³/mol. The maximum atomic E-state index is 6.36. The molecule has 0 unspecified atom stereocenters. The molecule has 2 aromatic carbocycles. The molecule has 0 bridgehead atoms. The molecule has 0 aliphatic carbocycles. The minimum Gasteiger partial charge on any atom is -0.497 e. The van der Waals surface area contributed by atoms with Gasteiger partial charge in [0.2, 0.25) is 0 Å². The largest absolute Gasteiger partial charge is 0.497 e. The highest BCUT2D eigenvalue weighted by molar-refractivity contribution is 5.70. The van der Waals surface area contributed by atoms with Gasteiger partial charge in [0.1, 0.15) is 23.5 Å². The van der Waals surface area contributed by atoms with Gasteiger partial charge in [-0.15, -0.1) is 0 Å². The fourth-order valence-electron chi connectivity index (χ4n) is 3.26. The van der Waals surface area contributed by atoms with E-state index in [-0.39, 0.29) is 0 Å². The Hall–Kier alpha value is -3.89. The summed E-state index contributed by atoms with van der Waals surface area (Å²) in [7, 11) is 3.25. The lowest BCUT2D eigenvalue weighted by atomic mass is 10.1. The molecular formula is C22H21N5O2. The van der Waals surface area contributed by atoms with Crippen LogP contribution in [0.25, 0.3) is 5.69 Å². The van der Waals surface area contributed by atoms with Gasteiger partial charge in [-0.25, -0.2) is 10.8 Å². The van der Waals surface area contributed by atoms with Gasteiger partial charge in [-0.2, -0.15) is 0 Å². The first kappa shape index (κ1) is 18.5. The van der Waals surface area contributed by atoms with E-state index < -0.39 is 0 Å². The van der Waals surface area contributed by atoms with E-state index in [1.807, 2.05) is 47.0 Å². The van der Waals surface area contributed by atoms with Crippen LogP contribution in [0.15, 0.2) is 60.7 Å². The number of fused-ring (bicyclic) bond motifs is 3. The summed E-state index contributed by atoms with van der Waals surface area (Å²) in [4.78, 5) is 4.53. The number of methoxy groups -OCH3 is 2. The number of aromatic nitrogens is 2. The Morgan fingerprint density at radius 1 is 1.03 bits per heavy atom. The first-order valence-electron chi connectivity index (χ1n) is 9.01. The van der Waals surface area contributed by atoms with Crippen LogP contribution in [0.5, 0.6) is 11.5 Å². The molecule has 1 aliphatic heterocycles. The topological polar surface area (TPSA) is 91.6 Å². The molecule has 0 fully saturated rings. The lowest BCUT2D eigenvalue weighted by Gasteiger charge is -2.21. The van der Waals surface area contributed by atoms with Crippen molar-refractivity contribution in [2.75, 3.05) is 19.2 Å². The van der Waals surface area contributed by atoms with Gasteiger partial charge in [0.15, 0.2) is 0 Å². The normalized spacial score (nSPS) is 13.8. The second-order valence-corrected chi connectivity index (χ2v) is 6.45. The molecule has 4 rings (SSSR count). The maximum absolute atomic E-state index is 6.36. The SMILES string of the molecule is COc1cccc(C#Cc2ncn3c2C/C(=C/N)N(N)c2cc(OC)ccc2-3)c1. The van der Waals surface area contributed by atoms with Crippen LogP contribution in [0.3, 0.4) is 0 Å². The molecular weight excluding hydrogens is 366 g/mol. The Bertz CT molecular complexity index is 1150. The summed E-state index contributed by atoms with van der Waals surface area (Å²) >= 11 is 0. The summed E-state index contributed by atoms with van der Waals surface area (Å²) in [5.74, 6) is 14.2. The molecule has 4 N–H and O–H groups in total. The zero-order valence-electron chi connectivity index (χ0n) is 16.2. The van der Waals surface area contributed by atoms with E-state index >= 15 is 0 Å². The van der Waals surface area contributed by atoms with Crippen LogP contribution in [0.1, 0.15) is 17.0 Å². The Morgan fingerprint density at radius 3 is 2.59 bits per heavy atom. The van der Waals surface area contributed by atoms with E-state index in [4.69, 9.17) is 21.1 Å². The highest BCUT2D eigenvalue weighted by Gasteiger charge is 2.24. The molecule has 2 heterocycles. The molecule has 0 amide bonds. The number of ether oxygens (including phenoxy) is 2. The number of nitrogens with two attached hydrogens (primary N) is 2. The average molecular weight is 387 g/mol. The third kappa shape index (κ3) is 3.37. The number of rotatable bonds is 2. The first-order chi connectivity index (χ1) is 14.1. The van der Waals surface area contributed by atoms with Gasteiger partial charge in [0, 0.05) is 24.3 Å². The zero-order chi connectivity index (χ0) is 20.4. The lowest BCUT2D eigenvalue weighted by molar-refractivity contribution is 0.414. The van der Waals surface area contributed by atoms with Crippen molar-refractivity contribution in [1.82, 2.24) is 9.55 Å². The van der Waals surface area contributed by atoms with Gasteiger partial charge < -0.3 is 15.2 Å². The molecule has 0 saturated carbocycles. The molecule has 3 aromatic rings. The summed E-state index contributed by atoms with van der Waals surface area (Å²) in [6, 6.07) is 13.3. The van der Waals surface area contributed by atoms with E-state index in [9.17, 15) is 0 Å². The number of imidazole rings is 1. The number of nitrogens with zero attached hydrogens (tertiary/aromatic N) is 3. The van der Waals surface area contributed by atoms with Gasteiger partial charge in [-0.05, 0) is 36.3 Å². The molecule has 146 valence electrons. The van der Waals surface area contributed by atoms with Crippen molar-refractivity contribution in [3.8, 4) is 29.0 Å². The van der Waals surface area contributed by atoms with Crippen LogP contribution in [0, 0.1) is 11.8 Å². The summed E-state index contributed by atoms with van der Waals surface area (Å²) in [5, 5.41) is 1.57. The van der Waals surface area contributed by atoms with Crippen LogP contribution in [-0.4, -0.2) is 23.8 Å². The fourth-order valence-corrected chi connectivity index (χ4v) is 3.26. The highest BCUT2D eigenvalue weighted by atomic mass is 16.5. The van der Waals surface area contributed by atoms with Crippen molar-refractivity contribution < 1.29 is 9.47 Å². The predicted octanol–water partition coefficient (Wildman–Crippen LogP) is 2.33. The summed E-state index contributed by atoms with van der Waals surface area (Å²) in [6.07, 6.45) is 3.75. The van der Waals surface area contributed by atoms with Gasteiger partial charge in [0.25, 0.3) is 0 Å². The molecule has 0 atom stereocenters. The second kappa shape index (κ2) is 7.62. The molecule has 0 saturated heterocycles.